The lowest BCUT2D eigenvalue weighted by Crippen LogP contribution is -2.44. The molecular formula is C20H34NO6PSi. The maximum absolute atomic E-state index is 13.1. The molecule has 164 valence electrons. The molecule has 0 heterocycles. The van der Waals surface area contributed by atoms with Gasteiger partial charge in [-0.1, -0.05) is 32.9 Å². The maximum Gasteiger partial charge on any atom is 0.437 e. The minimum Gasteiger partial charge on any atom is -0.543 e. The second kappa shape index (κ2) is 10.0. The smallest absolute Gasteiger partial charge is 0.437 e. The monoisotopic (exact) mass is 443 g/mol. The Labute approximate surface area is 175 Å². The van der Waals surface area contributed by atoms with Gasteiger partial charge >= 0.3 is 7.75 Å². The van der Waals surface area contributed by atoms with Gasteiger partial charge in [0, 0.05) is 6.92 Å². The Kier molecular flexibility index (Phi) is 8.84. The van der Waals surface area contributed by atoms with Crippen molar-refractivity contribution in [3.63, 3.8) is 0 Å². The molecule has 1 aromatic rings. The third-order valence-corrected chi connectivity index (χ3v) is 11.4. The molecule has 0 atom stereocenters. The van der Waals surface area contributed by atoms with Crippen LogP contribution < -0.4 is 4.43 Å². The fourth-order valence-corrected chi connectivity index (χ4v) is 4.99. The van der Waals surface area contributed by atoms with Crippen molar-refractivity contribution in [3.8, 4) is 5.75 Å². The molecule has 0 spiro atoms. The Hall–Kier alpha value is -1.47. The summed E-state index contributed by atoms with van der Waals surface area (Å²) >= 11 is 0. The van der Waals surface area contributed by atoms with Crippen LogP contribution in [-0.4, -0.2) is 44.4 Å². The van der Waals surface area contributed by atoms with E-state index in [1.165, 1.54) is 6.92 Å². The van der Waals surface area contributed by atoms with Gasteiger partial charge in [-0.2, -0.15) is 0 Å². The minimum atomic E-state index is -3.91. The van der Waals surface area contributed by atoms with Crippen LogP contribution in [0, 0.1) is 0 Å². The quantitative estimate of drug-likeness (QED) is 0.278. The molecule has 0 aliphatic carbocycles. The molecule has 1 rings (SSSR count). The number of benzene rings is 1. The van der Waals surface area contributed by atoms with E-state index < -0.39 is 34.3 Å². The van der Waals surface area contributed by atoms with Crippen LogP contribution in [0.2, 0.25) is 18.1 Å². The number of Topliss-reactive ketones (excluding diaryl/α,β-unsaturated/α-hetero) is 1. The number of hydrogen-bond acceptors (Lipinski definition) is 6. The van der Waals surface area contributed by atoms with Gasteiger partial charge in [-0.15, -0.1) is 0 Å². The van der Waals surface area contributed by atoms with E-state index in [-0.39, 0.29) is 18.3 Å². The first-order valence-corrected chi connectivity index (χ1v) is 14.2. The summed E-state index contributed by atoms with van der Waals surface area (Å²) < 4.78 is 30.8. The van der Waals surface area contributed by atoms with Gasteiger partial charge in [-0.25, -0.2) is 9.24 Å². The van der Waals surface area contributed by atoms with Gasteiger partial charge in [0.15, 0.2) is 5.78 Å². The van der Waals surface area contributed by atoms with Crippen molar-refractivity contribution < 1.29 is 27.6 Å². The molecule has 0 saturated carbocycles. The van der Waals surface area contributed by atoms with Gasteiger partial charge < -0.3 is 4.43 Å². The second-order valence-corrected chi connectivity index (χ2v) is 14.8. The Balaban J connectivity index is 3.24. The third-order valence-electron chi connectivity index (χ3n) is 4.90. The molecule has 1 amide bonds. The van der Waals surface area contributed by atoms with Crippen LogP contribution in [0.5, 0.6) is 5.75 Å². The van der Waals surface area contributed by atoms with E-state index in [9.17, 15) is 14.2 Å². The molecule has 0 bridgehead atoms. The van der Waals surface area contributed by atoms with E-state index in [2.05, 4.69) is 33.9 Å². The summed E-state index contributed by atoms with van der Waals surface area (Å²) in [5.74, 6) is -0.490. The van der Waals surface area contributed by atoms with Crippen LogP contribution in [0.4, 0.5) is 0 Å². The van der Waals surface area contributed by atoms with E-state index in [4.69, 9.17) is 13.5 Å². The molecule has 0 aliphatic heterocycles. The van der Waals surface area contributed by atoms with Crippen LogP contribution in [-0.2, 0) is 18.4 Å². The van der Waals surface area contributed by atoms with Gasteiger partial charge in [0.05, 0.1) is 25.3 Å². The predicted octanol–water partition coefficient (Wildman–Crippen LogP) is 5.28. The molecule has 9 heteroatoms. The van der Waals surface area contributed by atoms with Crippen molar-refractivity contribution in [2.75, 3.05) is 19.8 Å². The average molecular weight is 444 g/mol. The molecule has 0 unspecified atom stereocenters. The Bertz CT molecular complexity index is 764. The van der Waals surface area contributed by atoms with Gasteiger partial charge in [-0.05, 0) is 44.1 Å². The Morgan fingerprint density at radius 1 is 1.07 bits per heavy atom. The van der Waals surface area contributed by atoms with Crippen LogP contribution in [0.15, 0.2) is 24.3 Å². The van der Waals surface area contributed by atoms with Crippen LogP contribution in [0.1, 0.15) is 51.9 Å². The van der Waals surface area contributed by atoms with Crippen molar-refractivity contribution in [2.45, 2.75) is 59.7 Å². The number of rotatable bonds is 10. The number of amides is 1. The molecule has 0 aliphatic rings. The normalized spacial score (nSPS) is 12.6. The lowest BCUT2D eigenvalue weighted by Gasteiger charge is -2.37. The van der Waals surface area contributed by atoms with Crippen molar-refractivity contribution >= 4 is 27.8 Å². The van der Waals surface area contributed by atoms with Crippen molar-refractivity contribution in [3.05, 3.63) is 29.8 Å². The summed E-state index contributed by atoms with van der Waals surface area (Å²) in [4.78, 5) is 25.2. The largest absolute Gasteiger partial charge is 0.543 e. The molecule has 0 N–H and O–H groups in total. The summed E-state index contributed by atoms with van der Waals surface area (Å²) in [5.41, 5.74) is 0.336. The van der Waals surface area contributed by atoms with Gasteiger partial charge in [0.2, 0.25) is 5.91 Å². The summed E-state index contributed by atoms with van der Waals surface area (Å²) in [6.07, 6.45) is 0. The standard InChI is InChI=1S/C20H34NO6PSi/c1-9-25-28(24,26-10-2)21(16(3)22)15-18(23)17-13-11-12-14-19(17)27-29(7,8)20(4,5)6/h11-14H,9-10,15H2,1-8H3. The molecular weight excluding hydrogens is 409 g/mol. The van der Waals surface area contributed by atoms with E-state index in [1.54, 1.807) is 38.1 Å². The number of ketones is 1. The van der Waals surface area contributed by atoms with Crippen LogP contribution >= 0.6 is 7.75 Å². The highest BCUT2D eigenvalue weighted by Gasteiger charge is 2.40. The van der Waals surface area contributed by atoms with Crippen LogP contribution in [0.3, 0.4) is 0 Å². The first kappa shape index (κ1) is 25.6. The van der Waals surface area contributed by atoms with E-state index >= 15 is 0 Å². The third kappa shape index (κ3) is 6.51. The molecule has 7 nitrogen and oxygen atoms in total. The summed E-state index contributed by atoms with van der Waals surface area (Å²) in [5, 5.41) is -0.0474. The zero-order chi connectivity index (χ0) is 22.5. The number of para-hydroxylation sites is 1. The van der Waals surface area contributed by atoms with Crippen molar-refractivity contribution in [1.82, 2.24) is 4.67 Å². The predicted molar refractivity (Wildman–Crippen MR) is 117 cm³/mol. The topological polar surface area (TPSA) is 82.1 Å². The fraction of sp³-hybridized carbons (Fsp3) is 0.600. The van der Waals surface area contributed by atoms with Crippen molar-refractivity contribution in [1.29, 1.82) is 0 Å². The number of carbonyl (C=O) groups excluding carboxylic acids is 2. The molecule has 0 saturated heterocycles. The number of nitrogens with zero attached hydrogens (tertiary/aromatic N) is 1. The fourth-order valence-electron chi connectivity index (χ4n) is 2.31. The zero-order valence-corrected chi connectivity index (χ0v) is 20.7. The molecule has 0 aromatic heterocycles. The first-order chi connectivity index (χ1) is 13.3. The highest BCUT2D eigenvalue weighted by atomic mass is 31.2. The van der Waals surface area contributed by atoms with E-state index in [0.29, 0.717) is 11.3 Å². The summed E-state index contributed by atoms with van der Waals surface area (Å²) in [6, 6.07) is 6.92. The molecule has 29 heavy (non-hydrogen) atoms. The van der Waals surface area contributed by atoms with Crippen molar-refractivity contribution in [2.24, 2.45) is 0 Å². The van der Waals surface area contributed by atoms with Crippen LogP contribution in [0.25, 0.3) is 0 Å². The lowest BCUT2D eigenvalue weighted by molar-refractivity contribution is -0.125. The molecule has 0 fully saturated rings. The first-order valence-electron chi connectivity index (χ1n) is 9.78. The number of carbonyl (C=O) groups is 2. The van der Waals surface area contributed by atoms with Gasteiger partial charge in [-0.3, -0.25) is 18.6 Å². The second-order valence-electron chi connectivity index (χ2n) is 8.16. The molecule has 0 radical (unpaired) electrons. The molecule has 1 aromatic carbocycles. The highest BCUT2D eigenvalue weighted by molar-refractivity contribution is 7.52. The Morgan fingerprint density at radius 2 is 1.59 bits per heavy atom. The Morgan fingerprint density at radius 3 is 2.03 bits per heavy atom. The van der Waals surface area contributed by atoms with Gasteiger partial charge in [0.1, 0.15) is 5.75 Å². The maximum atomic E-state index is 13.1. The minimum absolute atomic E-state index is 0.0474. The summed E-state index contributed by atoms with van der Waals surface area (Å²) in [6.45, 7) is 14.8. The summed E-state index contributed by atoms with van der Waals surface area (Å²) in [7, 11) is -6.10. The zero-order valence-electron chi connectivity index (χ0n) is 18.8. The SMILES string of the molecule is CCOP(=O)(OCC)N(CC(=O)c1ccccc1O[Si](C)(C)C(C)(C)C)C(C)=O. The average Bonchev–Trinajstić information content (AvgIpc) is 2.58. The lowest BCUT2D eigenvalue weighted by atomic mass is 10.1. The number of hydrogen-bond donors (Lipinski definition) is 0. The highest BCUT2D eigenvalue weighted by Crippen LogP contribution is 2.52. The van der Waals surface area contributed by atoms with Gasteiger partial charge in [0.25, 0.3) is 8.32 Å². The van der Waals surface area contributed by atoms with E-state index in [1.807, 2.05) is 0 Å². The van der Waals surface area contributed by atoms with E-state index in [0.717, 1.165) is 4.67 Å².